The van der Waals surface area contributed by atoms with Crippen LogP contribution in [0.5, 0.6) is 0 Å². The number of amides is 1. The predicted octanol–water partition coefficient (Wildman–Crippen LogP) is 3.31. The van der Waals surface area contributed by atoms with E-state index >= 15 is 0 Å². The Hall–Kier alpha value is -2.13. The van der Waals surface area contributed by atoms with E-state index in [1.807, 2.05) is 41.3 Å². The van der Waals surface area contributed by atoms with Gasteiger partial charge < -0.3 is 4.90 Å². The summed E-state index contributed by atoms with van der Waals surface area (Å²) in [4.78, 5) is 17.2. The van der Waals surface area contributed by atoms with Gasteiger partial charge in [0.25, 0.3) is 0 Å². The number of benzene rings is 2. The average Bonchev–Trinajstić information content (AvgIpc) is 3.01. The molecule has 0 bridgehead atoms. The number of nitrogens with zero attached hydrogens (tertiary/aromatic N) is 2. The van der Waals surface area contributed by atoms with Gasteiger partial charge in [-0.1, -0.05) is 60.7 Å². The third-order valence-corrected chi connectivity index (χ3v) is 4.55. The molecule has 0 radical (unpaired) electrons. The van der Waals surface area contributed by atoms with Gasteiger partial charge in [0, 0.05) is 13.1 Å². The first-order chi connectivity index (χ1) is 11.2. The van der Waals surface area contributed by atoms with Gasteiger partial charge in [0.05, 0.1) is 6.04 Å². The maximum atomic E-state index is 13.0. The van der Waals surface area contributed by atoms with Gasteiger partial charge in [0.15, 0.2) is 0 Å². The second kappa shape index (κ2) is 7.42. The van der Waals surface area contributed by atoms with Crippen LogP contribution in [0.4, 0.5) is 0 Å². The van der Waals surface area contributed by atoms with Crippen molar-refractivity contribution in [2.45, 2.75) is 32.0 Å². The number of rotatable bonds is 5. The van der Waals surface area contributed by atoms with Crippen LogP contribution in [-0.2, 0) is 17.9 Å². The van der Waals surface area contributed by atoms with E-state index < -0.39 is 0 Å². The summed E-state index contributed by atoms with van der Waals surface area (Å²) in [5.74, 6) is 0.248. The van der Waals surface area contributed by atoms with Crippen molar-refractivity contribution in [2.24, 2.45) is 0 Å². The Balaban J connectivity index is 1.79. The lowest BCUT2D eigenvalue weighted by Crippen LogP contribution is -2.43. The molecule has 0 aliphatic carbocycles. The summed E-state index contributed by atoms with van der Waals surface area (Å²) in [6.45, 7) is 2.35. The molecule has 1 atom stereocenters. The van der Waals surface area contributed by atoms with Crippen LogP contribution in [0.3, 0.4) is 0 Å². The van der Waals surface area contributed by atoms with Gasteiger partial charge in [-0.2, -0.15) is 0 Å². The molecule has 1 aliphatic rings. The zero-order chi connectivity index (χ0) is 16.1. The predicted molar refractivity (Wildman–Crippen MR) is 92.8 cm³/mol. The normalized spacial score (nSPS) is 18.0. The Morgan fingerprint density at radius 1 is 1.00 bits per heavy atom. The molecule has 0 aromatic heterocycles. The molecule has 3 heteroatoms. The van der Waals surface area contributed by atoms with Gasteiger partial charge in [0.1, 0.15) is 0 Å². The van der Waals surface area contributed by atoms with Crippen LogP contribution in [0.2, 0.25) is 0 Å². The van der Waals surface area contributed by atoms with Gasteiger partial charge in [0.2, 0.25) is 5.91 Å². The minimum absolute atomic E-state index is 0.0300. The highest BCUT2D eigenvalue weighted by atomic mass is 16.2. The molecule has 0 unspecified atom stereocenters. The molecule has 0 spiro atoms. The summed E-state index contributed by atoms with van der Waals surface area (Å²) < 4.78 is 0. The quantitative estimate of drug-likeness (QED) is 0.846. The summed E-state index contributed by atoms with van der Waals surface area (Å²) in [5.41, 5.74) is 2.36. The van der Waals surface area contributed by atoms with E-state index in [1.54, 1.807) is 0 Å². The number of carbonyl (C=O) groups is 1. The lowest BCUT2D eigenvalue weighted by atomic mass is 10.1. The van der Waals surface area contributed by atoms with Crippen LogP contribution in [-0.4, -0.2) is 35.3 Å². The zero-order valence-corrected chi connectivity index (χ0v) is 13.7. The van der Waals surface area contributed by atoms with Crippen molar-refractivity contribution in [3.8, 4) is 0 Å². The molecule has 1 saturated heterocycles. The highest BCUT2D eigenvalue weighted by Crippen LogP contribution is 2.20. The fourth-order valence-electron chi connectivity index (χ4n) is 3.25. The molecule has 3 rings (SSSR count). The minimum atomic E-state index is 0.0300. The van der Waals surface area contributed by atoms with Gasteiger partial charge in [-0.25, -0.2) is 0 Å². The van der Waals surface area contributed by atoms with Crippen molar-refractivity contribution < 1.29 is 4.79 Å². The second-order valence-corrected chi connectivity index (χ2v) is 6.30. The maximum absolute atomic E-state index is 13.0. The molecule has 1 amide bonds. The summed E-state index contributed by atoms with van der Waals surface area (Å²) in [5, 5.41) is 0. The molecule has 1 fully saturated rings. The first-order valence-corrected chi connectivity index (χ1v) is 8.31. The Morgan fingerprint density at radius 3 is 1.96 bits per heavy atom. The Bertz CT molecular complexity index is 585. The van der Waals surface area contributed by atoms with Gasteiger partial charge >= 0.3 is 0 Å². The van der Waals surface area contributed by atoms with Crippen LogP contribution in [0.15, 0.2) is 60.7 Å². The molecule has 0 N–H and O–H groups in total. The topological polar surface area (TPSA) is 23.6 Å². The number of hydrogen-bond acceptors (Lipinski definition) is 2. The molecule has 23 heavy (non-hydrogen) atoms. The monoisotopic (exact) mass is 308 g/mol. The van der Waals surface area contributed by atoms with Gasteiger partial charge in [-0.05, 0) is 37.6 Å². The average molecular weight is 308 g/mol. The SMILES string of the molecule is CN1CCC[C@H]1C(=O)N(Cc1ccccc1)Cc1ccccc1. The maximum Gasteiger partial charge on any atom is 0.240 e. The number of likely N-dealkylation sites (tertiary alicyclic amines) is 1. The molecule has 120 valence electrons. The van der Waals surface area contributed by atoms with Crippen molar-refractivity contribution >= 4 is 5.91 Å². The lowest BCUT2D eigenvalue weighted by molar-refractivity contribution is -0.136. The Kier molecular flexibility index (Phi) is 5.09. The lowest BCUT2D eigenvalue weighted by Gasteiger charge is -2.29. The Morgan fingerprint density at radius 2 is 1.52 bits per heavy atom. The molecule has 3 nitrogen and oxygen atoms in total. The van der Waals surface area contributed by atoms with Crippen LogP contribution < -0.4 is 0 Å². The summed E-state index contributed by atoms with van der Waals surface area (Å²) in [7, 11) is 2.05. The van der Waals surface area contributed by atoms with Crippen LogP contribution in [0, 0.1) is 0 Å². The van der Waals surface area contributed by atoms with E-state index in [0.29, 0.717) is 13.1 Å². The first-order valence-electron chi connectivity index (χ1n) is 8.31. The van der Waals surface area contributed by atoms with E-state index in [0.717, 1.165) is 19.4 Å². The highest BCUT2D eigenvalue weighted by molar-refractivity contribution is 5.82. The molecule has 0 saturated carbocycles. The fraction of sp³-hybridized carbons (Fsp3) is 0.350. The molecule has 1 aliphatic heterocycles. The third-order valence-electron chi connectivity index (χ3n) is 4.55. The number of likely N-dealkylation sites (N-methyl/N-ethyl adjacent to an activating group) is 1. The summed E-state index contributed by atoms with van der Waals surface area (Å²) in [6, 6.07) is 20.5. The molecular weight excluding hydrogens is 284 g/mol. The third kappa shape index (κ3) is 3.99. The van der Waals surface area contributed by atoms with E-state index in [-0.39, 0.29) is 11.9 Å². The summed E-state index contributed by atoms with van der Waals surface area (Å²) in [6.07, 6.45) is 2.08. The molecular formula is C20H24N2O. The minimum Gasteiger partial charge on any atom is -0.333 e. The summed E-state index contributed by atoms with van der Waals surface area (Å²) >= 11 is 0. The van der Waals surface area contributed by atoms with Gasteiger partial charge in [-0.3, -0.25) is 9.69 Å². The van der Waals surface area contributed by atoms with Crippen molar-refractivity contribution in [2.75, 3.05) is 13.6 Å². The van der Waals surface area contributed by atoms with Crippen LogP contribution >= 0.6 is 0 Å². The van der Waals surface area contributed by atoms with Gasteiger partial charge in [-0.15, -0.1) is 0 Å². The smallest absolute Gasteiger partial charge is 0.240 e. The first kappa shape index (κ1) is 15.8. The van der Waals surface area contributed by atoms with Crippen LogP contribution in [0.1, 0.15) is 24.0 Å². The fourth-order valence-corrected chi connectivity index (χ4v) is 3.25. The van der Waals surface area contributed by atoms with E-state index in [4.69, 9.17) is 0 Å². The standard InChI is InChI=1S/C20H24N2O/c1-21-14-8-13-19(21)20(23)22(15-17-9-4-2-5-10-17)16-18-11-6-3-7-12-18/h2-7,9-12,19H,8,13-16H2,1H3/t19-/m0/s1. The van der Waals surface area contributed by atoms with Crippen molar-refractivity contribution in [3.63, 3.8) is 0 Å². The van der Waals surface area contributed by atoms with Crippen molar-refractivity contribution in [1.29, 1.82) is 0 Å². The second-order valence-electron chi connectivity index (χ2n) is 6.30. The Labute approximate surface area is 138 Å². The van der Waals surface area contributed by atoms with Crippen molar-refractivity contribution in [1.82, 2.24) is 9.80 Å². The van der Waals surface area contributed by atoms with E-state index in [2.05, 4.69) is 36.2 Å². The number of carbonyl (C=O) groups excluding carboxylic acids is 1. The highest BCUT2D eigenvalue weighted by Gasteiger charge is 2.31. The van der Waals surface area contributed by atoms with E-state index in [1.165, 1.54) is 11.1 Å². The number of hydrogen-bond donors (Lipinski definition) is 0. The molecule has 2 aromatic carbocycles. The van der Waals surface area contributed by atoms with Crippen molar-refractivity contribution in [3.05, 3.63) is 71.8 Å². The largest absolute Gasteiger partial charge is 0.333 e. The zero-order valence-electron chi connectivity index (χ0n) is 13.7. The molecule has 2 aromatic rings. The van der Waals surface area contributed by atoms with Crippen LogP contribution in [0.25, 0.3) is 0 Å². The molecule has 1 heterocycles. The van der Waals surface area contributed by atoms with E-state index in [9.17, 15) is 4.79 Å².